The highest BCUT2D eigenvalue weighted by Gasteiger charge is 2.41. The molecule has 0 atom stereocenters. The average Bonchev–Trinajstić information content (AvgIpc) is 3.45. The lowest BCUT2D eigenvalue weighted by Crippen LogP contribution is -2.13. The number of aromatic nitrogens is 2. The maximum atomic E-state index is 13.7. The number of para-hydroxylation sites is 2. The molecule has 0 aliphatic heterocycles. The van der Waals surface area contributed by atoms with Gasteiger partial charge in [0.1, 0.15) is 11.5 Å². The average molecular weight is 467 g/mol. The summed E-state index contributed by atoms with van der Waals surface area (Å²) >= 11 is 0. The Bertz CT molecular complexity index is 1350. The molecule has 4 aromatic rings. The molecule has 1 aliphatic rings. The second-order valence-electron chi connectivity index (χ2n) is 7.77. The van der Waals surface area contributed by atoms with Crippen molar-refractivity contribution in [1.82, 2.24) is 9.78 Å². The van der Waals surface area contributed by atoms with Gasteiger partial charge < -0.3 is 14.5 Å². The third-order valence-corrected chi connectivity index (χ3v) is 5.66. The number of halogens is 3. The van der Waals surface area contributed by atoms with E-state index >= 15 is 0 Å². The van der Waals surface area contributed by atoms with E-state index in [0.29, 0.717) is 52.7 Å². The van der Waals surface area contributed by atoms with Crippen LogP contribution in [0.1, 0.15) is 34.3 Å². The molecule has 174 valence electrons. The topological polar surface area (TPSA) is 69.3 Å². The van der Waals surface area contributed by atoms with E-state index in [1.165, 1.54) is 10.9 Å². The van der Waals surface area contributed by atoms with Crippen molar-refractivity contribution in [1.29, 1.82) is 0 Å². The number of carbonyl (C=O) groups excluding carboxylic acids is 1. The molecule has 0 saturated carbocycles. The van der Waals surface area contributed by atoms with Crippen LogP contribution in [0.15, 0.2) is 65.3 Å². The minimum atomic E-state index is -4.58. The van der Waals surface area contributed by atoms with E-state index in [0.717, 1.165) is 0 Å². The van der Waals surface area contributed by atoms with Crippen LogP contribution >= 0.6 is 0 Å². The number of furan rings is 1. The van der Waals surface area contributed by atoms with E-state index in [1.807, 2.05) is 6.92 Å². The van der Waals surface area contributed by atoms with Crippen LogP contribution in [0.3, 0.4) is 0 Å². The minimum Gasteiger partial charge on any atom is -0.492 e. The zero-order chi connectivity index (χ0) is 23.9. The van der Waals surface area contributed by atoms with Gasteiger partial charge in [-0.05, 0) is 55.8 Å². The number of rotatable bonds is 5. The number of ether oxygens (including phenoxy) is 1. The Balaban J connectivity index is 1.48. The summed E-state index contributed by atoms with van der Waals surface area (Å²) in [7, 11) is 0. The highest BCUT2D eigenvalue weighted by atomic mass is 19.4. The van der Waals surface area contributed by atoms with Gasteiger partial charge in [-0.1, -0.05) is 12.1 Å². The van der Waals surface area contributed by atoms with Gasteiger partial charge in [-0.2, -0.15) is 18.3 Å². The molecule has 2 aromatic carbocycles. The van der Waals surface area contributed by atoms with Crippen LogP contribution in [-0.4, -0.2) is 22.3 Å². The first-order valence-electron chi connectivity index (χ1n) is 10.8. The third-order valence-electron chi connectivity index (χ3n) is 5.66. The van der Waals surface area contributed by atoms with Gasteiger partial charge in [-0.25, -0.2) is 4.68 Å². The summed E-state index contributed by atoms with van der Waals surface area (Å²) in [4.78, 5) is 12.8. The van der Waals surface area contributed by atoms with Crippen molar-refractivity contribution in [2.45, 2.75) is 25.9 Å². The number of amides is 1. The molecule has 9 heteroatoms. The number of carbonyl (C=O) groups is 1. The zero-order valence-electron chi connectivity index (χ0n) is 18.1. The summed E-state index contributed by atoms with van der Waals surface area (Å²) < 4.78 is 53.4. The van der Waals surface area contributed by atoms with E-state index in [2.05, 4.69) is 10.4 Å². The highest BCUT2D eigenvalue weighted by Crippen LogP contribution is 2.42. The summed E-state index contributed by atoms with van der Waals surface area (Å²) in [5, 5.41) is 6.73. The SMILES string of the molecule is CCOc1ccccc1NC(=O)c1ccc(-n2nc(C(F)(F)F)c3c2-c2ccoc2CC3)cc1. The molecule has 0 unspecified atom stereocenters. The van der Waals surface area contributed by atoms with Crippen LogP contribution in [0.2, 0.25) is 0 Å². The molecule has 0 saturated heterocycles. The predicted octanol–water partition coefficient (Wildman–Crippen LogP) is 5.90. The molecule has 6 nitrogen and oxygen atoms in total. The van der Waals surface area contributed by atoms with Gasteiger partial charge in [-0.3, -0.25) is 4.79 Å². The van der Waals surface area contributed by atoms with Gasteiger partial charge in [0.2, 0.25) is 0 Å². The van der Waals surface area contributed by atoms with Crippen LogP contribution in [0, 0.1) is 0 Å². The number of aryl methyl sites for hydroxylation is 1. The van der Waals surface area contributed by atoms with Crippen LogP contribution in [0.4, 0.5) is 18.9 Å². The Kier molecular flexibility index (Phi) is 5.39. The molecule has 34 heavy (non-hydrogen) atoms. The number of hydrogen-bond acceptors (Lipinski definition) is 4. The Morgan fingerprint density at radius 2 is 1.88 bits per heavy atom. The van der Waals surface area contributed by atoms with Crippen molar-refractivity contribution < 1.29 is 27.1 Å². The molecule has 5 rings (SSSR count). The molecule has 2 aromatic heterocycles. The van der Waals surface area contributed by atoms with Gasteiger partial charge in [-0.15, -0.1) is 0 Å². The molecule has 0 bridgehead atoms. The monoisotopic (exact) mass is 467 g/mol. The van der Waals surface area contributed by atoms with Crippen LogP contribution in [0.5, 0.6) is 5.75 Å². The van der Waals surface area contributed by atoms with Crippen molar-refractivity contribution in [3.05, 3.63) is 83.4 Å². The number of fused-ring (bicyclic) bond motifs is 3. The largest absolute Gasteiger partial charge is 0.492 e. The number of anilines is 1. The van der Waals surface area contributed by atoms with Crippen LogP contribution < -0.4 is 10.1 Å². The van der Waals surface area contributed by atoms with Gasteiger partial charge in [0.05, 0.1) is 29.9 Å². The first-order chi connectivity index (χ1) is 16.4. The van der Waals surface area contributed by atoms with Crippen molar-refractivity contribution >= 4 is 11.6 Å². The standard InChI is InChI=1S/C25H20F3N3O3/c1-2-33-21-6-4-3-5-19(21)29-24(32)15-7-9-16(10-8-15)31-22-17-13-14-34-20(17)12-11-18(22)23(30-31)25(26,27)28/h3-10,13-14H,2,11-12H2,1H3,(H,29,32). The van der Waals surface area contributed by atoms with Gasteiger partial charge >= 0.3 is 6.18 Å². The molecule has 1 amide bonds. The van der Waals surface area contributed by atoms with Gasteiger partial charge in [0.15, 0.2) is 5.69 Å². The van der Waals surface area contributed by atoms with Crippen LogP contribution in [-0.2, 0) is 19.0 Å². The first-order valence-corrected chi connectivity index (χ1v) is 10.8. The fraction of sp³-hybridized carbons (Fsp3) is 0.200. The lowest BCUT2D eigenvalue weighted by molar-refractivity contribution is -0.142. The maximum absolute atomic E-state index is 13.7. The van der Waals surface area contributed by atoms with Gasteiger partial charge in [0.25, 0.3) is 5.91 Å². The molecule has 1 N–H and O–H groups in total. The number of hydrogen-bond donors (Lipinski definition) is 1. The minimum absolute atomic E-state index is 0.149. The summed E-state index contributed by atoms with van der Waals surface area (Å²) in [6.45, 7) is 2.30. The maximum Gasteiger partial charge on any atom is 0.435 e. The Hall–Kier alpha value is -4.01. The van der Waals surface area contributed by atoms with E-state index in [-0.39, 0.29) is 17.9 Å². The Labute approximate surface area is 193 Å². The summed E-state index contributed by atoms with van der Waals surface area (Å²) in [6.07, 6.45) is -2.54. The third kappa shape index (κ3) is 3.83. The fourth-order valence-electron chi connectivity index (χ4n) is 4.16. The second kappa shape index (κ2) is 8.40. The molecule has 1 aliphatic carbocycles. The van der Waals surface area contributed by atoms with Crippen molar-refractivity contribution in [3.8, 4) is 22.7 Å². The number of benzene rings is 2. The lowest BCUT2D eigenvalue weighted by Gasteiger charge is -2.15. The first kappa shape index (κ1) is 21.8. The zero-order valence-corrected chi connectivity index (χ0v) is 18.1. The van der Waals surface area contributed by atoms with Crippen molar-refractivity contribution in [2.75, 3.05) is 11.9 Å². The van der Waals surface area contributed by atoms with E-state index in [9.17, 15) is 18.0 Å². The van der Waals surface area contributed by atoms with Crippen molar-refractivity contribution in [3.63, 3.8) is 0 Å². The normalized spacial score (nSPS) is 12.7. The smallest absolute Gasteiger partial charge is 0.435 e. The Morgan fingerprint density at radius 1 is 1.12 bits per heavy atom. The second-order valence-corrected chi connectivity index (χ2v) is 7.77. The summed E-state index contributed by atoms with van der Waals surface area (Å²) in [5.41, 5.74) is 1.49. The van der Waals surface area contributed by atoms with Crippen LogP contribution in [0.25, 0.3) is 16.9 Å². The number of alkyl halides is 3. The fourth-order valence-corrected chi connectivity index (χ4v) is 4.16. The van der Waals surface area contributed by atoms with E-state index in [4.69, 9.17) is 9.15 Å². The number of nitrogens with zero attached hydrogens (tertiary/aromatic N) is 2. The quantitative estimate of drug-likeness (QED) is 0.397. The predicted molar refractivity (Wildman–Crippen MR) is 119 cm³/mol. The summed E-state index contributed by atoms with van der Waals surface area (Å²) in [5.74, 6) is 0.814. The molecular formula is C25H20F3N3O3. The number of nitrogens with one attached hydrogen (secondary N) is 1. The Morgan fingerprint density at radius 3 is 2.62 bits per heavy atom. The molecule has 0 radical (unpaired) electrons. The lowest BCUT2D eigenvalue weighted by atomic mass is 9.94. The van der Waals surface area contributed by atoms with Gasteiger partial charge in [0, 0.05) is 23.1 Å². The molecule has 0 spiro atoms. The molecule has 0 fully saturated rings. The van der Waals surface area contributed by atoms with Crippen molar-refractivity contribution in [2.24, 2.45) is 0 Å². The molecule has 2 heterocycles. The summed E-state index contributed by atoms with van der Waals surface area (Å²) in [6, 6.07) is 15.0. The highest BCUT2D eigenvalue weighted by molar-refractivity contribution is 6.05. The van der Waals surface area contributed by atoms with E-state index < -0.39 is 11.9 Å². The molecular weight excluding hydrogens is 447 g/mol. The van der Waals surface area contributed by atoms with E-state index in [1.54, 1.807) is 54.6 Å².